The van der Waals surface area contributed by atoms with E-state index in [1.54, 1.807) is 7.05 Å². The predicted octanol–water partition coefficient (Wildman–Crippen LogP) is 0.660. The first-order valence-electron chi connectivity index (χ1n) is 7.84. The van der Waals surface area contributed by atoms with Crippen LogP contribution in [0.1, 0.15) is 26.7 Å². The lowest BCUT2D eigenvalue weighted by atomic mass is 9.89. The maximum atomic E-state index is 12.3. The zero-order valence-corrected chi connectivity index (χ0v) is 15.0. The second-order valence-corrected chi connectivity index (χ2v) is 6.42. The van der Waals surface area contributed by atoms with E-state index in [1.165, 1.54) is 0 Å². The Bertz CT molecular complexity index is 411. The van der Waals surface area contributed by atoms with Gasteiger partial charge in [-0.15, -0.1) is 0 Å². The van der Waals surface area contributed by atoms with Crippen molar-refractivity contribution in [2.75, 3.05) is 47.5 Å². The van der Waals surface area contributed by atoms with E-state index in [-0.39, 0.29) is 17.0 Å². The lowest BCUT2D eigenvalue weighted by Crippen LogP contribution is -2.35. The lowest BCUT2D eigenvalue weighted by molar-refractivity contribution is -0.123. The van der Waals surface area contributed by atoms with Crippen LogP contribution in [0.25, 0.3) is 0 Å². The van der Waals surface area contributed by atoms with Crippen LogP contribution in [0, 0.1) is 5.41 Å². The van der Waals surface area contributed by atoms with Crippen LogP contribution in [0.15, 0.2) is 11.4 Å². The highest BCUT2D eigenvalue weighted by Gasteiger charge is 2.22. The van der Waals surface area contributed by atoms with Gasteiger partial charge < -0.3 is 20.9 Å². The molecule has 0 saturated heterocycles. The van der Waals surface area contributed by atoms with Crippen molar-refractivity contribution in [3.63, 3.8) is 0 Å². The maximum Gasteiger partial charge on any atom is 0.225 e. The average Bonchev–Trinajstić information content (AvgIpc) is 2.45. The van der Waals surface area contributed by atoms with Gasteiger partial charge in [-0.25, -0.2) is 4.39 Å². The Kier molecular flexibility index (Phi) is 10.4. The molecule has 0 aromatic rings. The van der Waals surface area contributed by atoms with Crippen molar-refractivity contribution in [2.45, 2.75) is 26.7 Å². The molecule has 1 amide bonds. The van der Waals surface area contributed by atoms with Gasteiger partial charge in [-0.3, -0.25) is 9.59 Å². The van der Waals surface area contributed by atoms with Gasteiger partial charge >= 0.3 is 0 Å². The van der Waals surface area contributed by atoms with Crippen molar-refractivity contribution >= 4 is 12.2 Å². The van der Waals surface area contributed by atoms with Gasteiger partial charge in [-0.2, -0.15) is 0 Å². The van der Waals surface area contributed by atoms with Gasteiger partial charge in [0.15, 0.2) is 6.29 Å². The van der Waals surface area contributed by atoms with E-state index in [9.17, 15) is 14.0 Å². The number of halogens is 1. The van der Waals surface area contributed by atoms with Gasteiger partial charge in [-0.1, -0.05) is 13.8 Å². The average molecular weight is 330 g/mol. The minimum atomic E-state index is -0.410. The summed E-state index contributed by atoms with van der Waals surface area (Å²) in [6.07, 6.45) is 1.48. The number of alkyl halides is 1. The molecule has 0 spiro atoms. The summed E-state index contributed by atoms with van der Waals surface area (Å²) in [4.78, 5) is 25.3. The second-order valence-electron chi connectivity index (χ2n) is 6.42. The molecule has 0 aliphatic rings. The predicted molar refractivity (Wildman–Crippen MR) is 90.7 cm³/mol. The summed E-state index contributed by atoms with van der Waals surface area (Å²) in [6.45, 7) is 5.20. The molecule has 0 radical (unpaired) electrons. The first-order valence-corrected chi connectivity index (χ1v) is 7.84. The maximum absolute atomic E-state index is 12.3. The molecule has 0 aromatic heterocycles. The standard InChI is InChI=1S/C16H31FN4O2/c1-16(2,12-18-3)10-15(23)20-14(11-22)13(19-4)6-8-21(5)9-7-17/h11,18-19H,6-10,12H2,1-5H3,(H,20,23)/b14-13+. The van der Waals surface area contributed by atoms with Gasteiger partial charge in [0.25, 0.3) is 0 Å². The van der Waals surface area contributed by atoms with Crippen molar-refractivity contribution in [1.82, 2.24) is 20.9 Å². The molecule has 0 bridgehead atoms. The minimum Gasteiger partial charge on any atom is -0.390 e. The van der Waals surface area contributed by atoms with Crippen LogP contribution in [0.5, 0.6) is 0 Å². The normalized spacial score (nSPS) is 12.8. The van der Waals surface area contributed by atoms with Crippen LogP contribution in [0.4, 0.5) is 4.39 Å². The number of nitrogens with zero attached hydrogens (tertiary/aromatic N) is 1. The second kappa shape index (κ2) is 11.1. The molecule has 0 atom stereocenters. The molecule has 6 nitrogen and oxygen atoms in total. The fourth-order valence-electron chi connectivity index (χ4n) is 2.30. The molecule has 0 fully saturated rings. The Balaban J connectivity index is 4.79. The fourth-order valence-corrected chi connectivity index (χ4v) is 2.30. The van der Waals surface area contributed by atoms with Crippen molar-refractivity contribution in [3.8, 4) is 0 Å². The lowest BCUT2D eigenvalue weighted by Gasteiger charge is -2.24. The topological polar surface area (TPSA) is 73.5 Å². The summed E-state index contributed by atoms with van der Waals surface area (Å²) in [7, 11) is 5.35. The summed E-state index contributed by atoms with van der Waals surface area (Å²) in [6, 6.07) is 0. The number of amides is 1. The number of hydrogen-bond acceptors (Lipinski definition) is 5. The number of aldehydes is 1. The molecular formula is C16H31FN4O2. The van der Waals surface area contributed by atoms with Gasteiger partial charge in [0.05, 0.1) is 0 Å². The summed E-state index contributed by atoms with van der Waals surface area (Å²) >= 11 is 0. The van der Waals surface area contributed by atoms with Crippen LogP contribution in [-0.2, 0) is 9.59 Å². The van der Waals surface area contributed by atoms with Crippen LogP contribution < -0.4 is 16.0 Å². The third-order valence-electron chi connectivity index (χ3n) is 3.52. The van der Waals surface area contributed by atoms with Gasteiger partial charge in [-0.05, 0) is 19.5 Å². The van der Waals surface area contributed by atoms with Crippen LogP contribution >= 0.6 is 0 Å². The monoisotopic (exact) mass is 330 g/mol. The first-order chi connectivity index (χ1) is 10.8. The number of hydrogen-bond donors (Lipinski definition) is 3. The summed E-state index contributed by atoms with van der Waals surface area (Å²) in [5.41, 5.74) is 0.686. The Morgan fingerprint density at radius 1 is 1.26 bits per heavy atom. The van der Waals surface area contributed by atoms with E-state index in [2.05, 4.69) is 16.0 Å². The van der Waals surface area contributed by atoms with E-state index in [1.807, 2.05) is 32.8 Å². The van der Waals surface area contributed by atoms with Gasteiger partial charge in [0.1, 0.15) is 12.4 Å². The molecule has 0 heterocycles. The zero-order chi connectivity index (χ0) is 17.9. The zero-order valence-electron chi connectivity index (χ0n) is 15.0. The fraction of sp³-hybridized carbons (Fsp3) is 0.750. The van der Waals surface area contributed by atoms with Crippen molar-refractivity contribution < 1.29 is 14.0 Å². The number of carbonyl (C=O) groups excluding carboxylic acids is 2. The van der Waals surface area contributed by atoms with E-state index in [0.717, 1.165) is 0 Å². The van der Waals surface area contributed by atoms with Crippen molar-refractivity contribution in [3.05, 3.63) is 11.4 Å². The highest BCUT2D eigenvalue weighted by Crippen LogP contribution is 2.18. The Hall–Kier alpha value is -1.47. The van der Waals surface area contributed by atoms with E-state index in [0.29, 0.717) is 44.5 Å². The third kappa shape index (κ3) is 9.30. The van der Waals surface area contributed by atoms with Crippen LogP contribution in [0.2, 0.25) is 0 Å². The van der Waals surface area contributed by atoms with E-state index in [4.69, 9.17) is 0 Å². The molecule has 0 aliphatic heterocycles. The highest BCUT2D eigenvalue weighted by molar-refractivity contribution is 5.86. The minimum absolute atomic E-state index is 0.197. The SMILES string of the molecule is CNCC(C)(C)CC(=O)N/C(C=O)=C(\CCN(C)CCF)NC. The molecule has 0 saturated carbocycles. The number of rotatable bonds is 12. The number of nitrogens with one attached hydrogen (secondary N) is 3. The number of allylic oxidation sites excluding steroid dienone is 1. The van der Waals surface area contributed by atoms with Crippen molar-refractivity contribution in [2.24, 2.45) is 5.41 Å². The van der Waals surface area contributed by atoms with E-state index < -0.39 is 6.67 Å². The molecule has 7 heteroatoms. The summed E-state index contributed by atoms with van der Waals surface area (Å²) in [5.74, 6) is -0.197. The summed E-state index contributed by atoms with van der Waals surface area (Å²) < 4.78 is 12.3. The molecule has 134 valence electrons. The van der Waals surface area contributed by atoms with Gasteiger partial charge in [0, 0.05) is 45.2 Å². The van der Waals surface area contributed by atoms with E-state index >= 15 is 0 Å². The quantitative estimate of drug-likeness (QED) is 0.362. The molecule has 0 aromatic carbocycles. The molecule has 23 heavy (non-hydrogen) atoms. The largest absolute Gasteiger partial charge is 0.390 e. The third-order valence-corrected chi connectivity index (χ3v) is 3.52. The highest BCUT2D eigenvalue weighted by atomic mass is 19.1. The van der Waals surface area contributed by atoms with Crippen LogP contribution in [0.3, 0.4) is 0 Å². The smallest absolute Gasteiger partial charge is 0.225 e. The number of carbonyl (C=O) groups is 2. The van der Waals surface area contributed by atoms with Crippen molar-refractivity contribution in [1.29, 1.82) is 0 Å². The molecular weight excluding hydrogens is 299 g/mol. The first kappa shape index (κ1) is 21.5. The summed E-state index contributed by atoms with van der Waals surface area (Å²) in [5, 5.41) is 8.67. The van der Waals surface area contributed by atoms with Gasteiger partial charge in [0.2, 0.25) is 5.91 Å². The molecule has 0 rings (SSSR count). The Morgan fingerprint density at radius 2 is 1.91 bits per heavy atom. The Labute approximate surface area is 138 Å². The molecule has 0 aliphatic carbocycles. The van der Waals surface area contributed by atoms with Crippen LogP contribution in [-0.4, -0.2) is 64.5 Å². The Morgan fingerprint density at radius 3 is 2.39 bits per heavy atom. The molecule has 0 unspecified atom stereocenters. The molecule has 3 N–H and O–H groups in total.